The summed E-state index contributed by atoms with van der Waals surface area (Å²) in [7, 11) is 3.65. The van der Waals surface area contributed by atoms with E-state index in [2.05, 4.69) is 11.8 Å². The Balaban J connectivity index is 1.81. The number of rotatable bonds is 4. The average molecular weight is 332 g/mol. The second kappa shape index (κ2) is 6.84. The van der Waals surface area contributed by atoms with Gasteiger partial charge in [0.2, 0.25) is 0 Å². The van der Waals surface area contributed by atoms with E-state index >= 15 is 0 Å². The fraction of sp³-hybridized carbons (Fsp3) is 0.529. The quantitative estimate of drug-likeness (QED) is 0.805. The number of piperidine rings is 1. The van der Waals surface area contributed by atoms with E-state index in [0.29, 0.717) is 0 Å². The minimum Gasteiger partial charge on any atom is -0.497 e. The van der Waals surface area contributed by atoms with Crippen LogP contribution in [0.4, 0.5) is 0 Å². The maximum absolute atomic E-state index is 5.57. The highest BCUT2D eigenvalue weighted by Crippen LogP contribution is 2.22. The molecule has 0 atom stereocenters. The van der Waals surface area contributed by atoms with Crippen molar-refractivity contribution in [3.8, 4) is 17.1 Å². The second-order valence-corrected chi connectivity index (χ2v) is 6.70. The molecule has 1 aromatic carbocycles. The van der Waals surface area contributed by atoms with E-state index in [0.717, 1.165) is 47.6 Å². The second-order valence-electron chi connectivity index (χ2n) is 6.34. The van der Waals surface area contributed by atoms with Crippen LogP contribution < -0.4 is 4.74 Å². The number of hydrogen-bond acceptors (Lipinski definition) is 4. The van der Waals surface area contributed by atoms with E-state index in [-0.39, 0.29) is 0 Å². The molecular weight excluding hydrogens is 308 g/mol. The molecule has 0 N–H and O–H groups in total. The third kappa shape index (κ3) is 3.48. The summed E-state index contributed by atoms with van der Waals surface area (Å²) in [5.41, 5.74) is 1.05. The summed E-state index contributed by atoms with van der Waals surface area (Å²) < 4.78 is 9.88. The van der Waals surface area contributed by atoms with Crippen LogP contribution in [0, 0.1) is 10.7 Å². The lowest BCUT2D eigenvalue weighted by molar-refractivity contribution is 0.146. The van der Waals surface area contributed by atoms with Crippen LogP contribution in [0.5, 0.6) is 5.75 Å². The Bertz CT molecular complexity index is 711. The Morgan fingerprint density at radius 2 is 1.87 bits per heavy atom. The molecule has 2 aromatic rings. The molecule has 6 heteroatoms. The van der Waals surface area contributed by atoms with Gasteiger partial charge in [-0.15, -0.1) is 0 Å². The zero-order valence-corrected chi connectivity index (χ0v) is 14.8. The van der Waals surface area contributed by atoms with E-state index in [1.165, 1.54) is 12.8 Å². The molecule has 5 nitrogen and oxygen atoms in total. The first kappa shape index (κ1) is 16.2. The number of hydrogen-bond donors (Lipinski definition) is 0. The first-order valence-corrected chi connectivity index (χ1v) is 8.50. The third-order valence-electron chi connectivity index (χ3n) is 4.60. The van der Waals surface area contributed by atoms with Crippen LogP contribution in [0.3, 0.4) is 0 Å². The molecule has 23 heavy (non-hydrogen) atoms. The van der Waals surface area contributed by atoms with Gasteiger partial charge in [0.1, 0.15) is 5.75 Å². The minimum atomic E-state index is 0.759. The normalized spacial score (nSPS) is 16.7. The maximum atomic E-state index is 5.57. The van der Waals surface area contributed by atoms with Crippen molar-refractivity contribution < 1.29 is 4.74 Å². The molecule has 3 rings (SSSR count). The number of methoxy groups -OCH3 is 1. The molecule has 0 unspecified atom stereocenters. The van der Waals surface area contributed by atoms with E-state index in [1.54, 1.807) is 7.11 Å². The van der Waals surface area contributed by atoms with Gasteiger partial charge in [-0.3, -0.25) is 4.90 Å². The van der Waals surface area contributed by atoms with Gasteiger partial charge in [0.15, 0.2) is 10.6 Å². The Kier molecular flexibility index (Phi) is 4.82. The summed E-state index contributed by atoms with van der Waals surface area (Å²) in [5, 5.41) is 4.74. The largest absolute Gasteiger partial charge is 0.497 e. The lowest BCUT2D eigenvalue weighted by Crippen LogP contribution is -2.34. The summed E-state index contributed by atoms with van der Waals surface area (Å²) in [5.74, 6) is 2.57. The monoisotopic (exact) mass is 332 g/mol. The zero-order chi connectivity index (χ0) is 16.4. The van der Waals surface area contributed by atoms with Crippen molar-refractivity contribution in [1.82, 2.24) is 19.2 Å². The van der Waals surface area contributed by atoms with Crippen LogP contribution >= 0.6 is 12.2 Å². The molecule has 1 saturated heterocycles. The van der Waals surface area contributed by atoms with E-state index in [4.69, 9.17) is 22.1 Å². The summed E-state index contributed by atoms with van der Waals surface area (Å²) in [4.78, 5) is 2.43. The molecular formula is C17H24N4OS. The van der Waals surface area contributed by atoms with E-state index < -0.39 is 0 Å². The van der Waals surface area contributed by atoms with E-state index in [1.807, 2.05) is 40.6 Å². The number of aromatic nitrogens is 3. The van der Waals surface area contributed by atoms with Crippen molar-refractivity contribution >= 4 is 12.2 Å². The fourth-order valence-corrected chi connectivity index (χ4v) is 3.15. The number of likely N-dealkylation sites (tertiary alicyclic amines) is 1. The zero-order valence-electron chi connectivity index (χ0n) is 14.0. The van der Waals surface area contributed by atoms with Gasteiger partial charge < -0.3 is 9.30 Å². The molecule has 1 aliphatic heterocycles. The van der Waals surface area contributed by atoms with Crippen LogP contribution in [0.1, 0.15) is 19.8 Å². The molecule has 0 radical (unpaired) electrons. The van der Waals surface area contributed by atoms with Crippen molar-refractivity contribution in [2.24, 2.45) is 13.0 Å². The highest BCUT2D eigenvalue weighted by Gasteiger charge is 2.18. The molecule has 0 saturated carbocycles. The predicted molar refractivity (Wildman–Crippen MR) is 94.0 cm³/mol. The molecule has 1 fully saturated rings. The van der Waals surface area contributed by atoms with Gasteiger partial charge in [-0.25, -0.2) is 4.68 Å². The standard InChI is InChI=1S/C17H24N4OS/c1-13-8-10-20(11-9-13)12-21-17(23)19(2)16(18-21)14-4-6-15(22-3)7-5-14/h4-7,13H,8-12H2,1-3H3. The predicted octanol–water partition coefficient (Wildman–Crippen LogP) is 3.32. The van der Waals surface area contributed by atoms with Crippen molar-refractivity contribution in [2.75, 3.05) is 20.2 Å². The fourth-order valence-electron chi connectivity index (χ4n) is 2.96. The number of benzene rings is 1. The molecule has 0 bridgehead atoms. The maximum Gasteiger partial charge on any atom is 0.199 e. The van der Waals surface area contributed by atoms with Crippen LogP contribution in [-0.4, -0.2) is 39.4 Å². The van der Waals surface area contributed by atoms with Gasteiger partial charge in [-0.2, -0.15) is 5.10 Å². The topological polar surface area (TPSA) is 35.2 Å². The van der Waals surface area contributed by atoms with Gasteiger partial charge in [-0.1, -0.05) is 6.92 Å². The Morgan fingerprint density at radius 1 is 1.22 bits per heavy atom. The number of ether oxygens (including phenoxy) is 1. The van der Waals surface area contributed by atoms with Crippen molar-refractivity contribution in [2.45, 2.75) is 26.4 Å². The van der Waals surface area contributed by atoms with Gasteiger partial charge in [0.05, 0.1) is 13.8 Å². The van der Waals surface area contributed by atoms with Crippen LogP contribution in [0.25, 0.3) is 11.4 Å². The summed E-state index contributed by atoms with van der Waals surface area (Å²) >= 11 is 5.57. The molecule has 124 valence electrons. The van der Waals surface area contributed by atoms with Crippen LogP contribution in [-0.2, 0) is 13.7 Å². The van der Waals surface area contributed by atoms with Crippen LogP contribution in [0.2, 0.25) is 0 Å². The van der Waals surface area contributed by atoms with Crippen molar-refractivity contribution in [1.29, 1.82) is 0 Å². The Morgan fingerprint density at radius 3 is 2.48 bits per heavy atom. The lowest BCUT2D eigenvalue weighted by Gasteiger charge is -2.29. The third-order valence-corrected chi connectivity index (χ3v) is 5.08. The smallest absolute Gasteiger partial charge is 0.199 e. The molecule has 0 amide bonds. The minimum absolute atomic E-state index is 0.759. The Hall–Kier alpha value is -1.66. The van der Waals surface area contributed by atoms with Crippen molar-refractivity contribution in [3.63, 3.8) is 0 Å². The summed E-state index contributed by atoms with van der Waals surface area (Å²) in [6.45, 7) is 5.34. The molecule has 1 aromatic heterocycles. The van der Waals surface area contributed by atoms with Gasteiger partial charge in [-0.05, 0) is 55.2 Å². The SMILES string of the molecule is COc1ccc(-c2nn(CN3CCC(C)CC3)c(=S)n2C)cc1. The van der Waals surface area contributed by atoms with E-state index in [9.17, 15) is 0 Å². The molecule has 0 aliphatic carbocycles. The van der Waals surface area contributed by atoms with Crippen LogP contribution in [0.15, 0.2) is 24.3 Å². The highest BCUT2D eigenvalue weighted by molar-refractivity contribution is 7.71. The molecule has 0 spiro atoms. The van der Waals surface area contributed by atoms with Gasteiger partial charge in [0.25, 0.3) is 0 Å². The van der Waals surface area contributed by atoms with Gasteiger partial charge >= 0.3 is 0 Å². The molecule has 1 aliphatic rings. The van der Waals surface area contributed by atoms with Crippen molar-refractivity contribution in [3.05, 3.63) is 29.0 Å². The Labute approximate surface area is 142 Å². The first-order valence-electron chi connectivity index (χ1n) is 8.09. The van der Waals surface area contributed by atoms with Gasteiger partial charge in [0, 0.05) is 25.7 Å². The summed E-state index contributed by atoms with van der Waals surface area (Å²) in [6.07, 6.45) is 2.51. The number of nitrogens with zero attached hydrogens (tertiary/aromatic N) is 4. The lowest BCUT2D eigenvalue weighted by atomic mass is 10.00. The highest BCUT2D eigenvalue weighted by atomic mass is 32.1. The average Bonchev–Trinajstić information content (AvgIpc) is 2.85. The molecule has 2 heterocycles. The summed E-state index contributed by atoms with van der Waals surface area (Å²) in [6, 6.07) is 7.93. The first-order chi connectivity index (χ1) is 11.1.